The number of rotatable bonds is 5. The topological polar surface area (TPSA) is 75.5 Å². The van der Waals surface area contributed by atoms with Gasteiger partial charge in [-0.05, 0) is 37.5 Å². The monoisotopic (exact) mass is 390 g/mol. The summed E-state index contributed by atoms with van der Waals surface area (Å²) >= 11 is 0. The van der Waals surface area contributed by atoms with Gasteiger partial charge in [0.15, 0.2) is 0 Å². The summed E-state index contributed by atoms with van der Waals surface area (Å²) in [6.45, 7) is 5.27. The van der Waals surface area contributed by atoms with Gasteiger partial charge in [-0.2, -0.15) is 9.40 Å². The molecular formula is C19H26N4O3S. The molecule has 0 N–H and O–H groups in total. The number of amides is 1. The molecule has 0 atom stereocenters. The average Bonchev–Trinajstić information content (AvgIpc) is 3.05. The van der Waals surface area contributed by atoms with Gasteiger partial charge < -0.3 is 4.90 Å². The summed E-state index contributed by atoms with van der Waals surface area (Å²) in [5.74, 6) is 0.0578. The molecule has 1 aromatic heterocycles. The van der Waals surface area contributed by atoms with Crippen molar-refractivity contribution >= 4 is 15.9 Å². The maximum absolute atomic E-state index is 12.9. The zero-order valence-corrected chi connectivity index (χ0v) is 16.9. The van der Waals surface area contributed by atoms with Gasteiger partial charge in [0.2, 0.25) is 15.9 Å². The molecule has 1 aliphatic heterocycles. The lowest BCUT2D eigenvalue weighted by atomic mass is 10.2. The van der Waals surface area contributed by atoms with E-state index in [2.05, 4.69) is 5.10 Å². The Labute approximate surface area is 160 Å². The number of piperazine rings is 1. The van der Waals surface area contributed by atoms with E-state index in [9.17, 15) is 13.2 Å². The van der Waals surface area contributed by atoms with Crippen molar-refractivity contribution < 1.29 is 13.2 Å². The fourth-order valence-corrected chi connectivity index (χ4v) is 5.04. The number of hydrogen-bond donors (Lipinski definition) is 0. The first-order valence-corrected chi connectivity index (χ1v) is 10.5. The highest BCUT2D eigenvalue weighted by atomic mass is 32.2. The zero-order valence-electron chi connectivity index (χ0n) is 16.1. The quantitative estimate of drug-likeness (QED) is 0.775. The van der Waals surface area contributed by atoms with Crippen LogP contribution >= 0.6 is 0 Å². The summed E-state index contributed by atoms with van der Waals surface area (Å²) in [4.78, 5) is 14.5. The van der Waals surface area contributed by atoms with Crippen molar-refractivity contribution in [3.05, 3.63) is 47.3 Å². The number of carbonyl (C=O) groups is 1. The number of benzene rings is 1. The molecule has 0 spiro atoms. The van der Waals surface area contributed by atoms with Crippen molar-refractivity contribution in [1.82, 2.24) is 19.0 Å². The molecule has 0 aliphatic carbocycles. The Morgan fingerprint density at radius 3 is 2.44 bits per heavy atom. The fourth-order valence-electron chi connectivity index (χ4n) is 3.42. The van der Waals surface area contributed by atoms with Crippen LogP contribution in [0, 0.1) is 13.8 Å². The van der Waals surface area contributed by atoms with Gasteiger partial charge in [-0.15, -0.1) is 0 Å². The Balaban J connectivity index is 1.58. The van der Waals surface area contributed by atoms with Gasteiger partial charge in [-0.25, -0.2) is 8.42 Å². The third-order valence-corrected chi connectivity index (χ3v) is 6.98. The lowest BCUT2D eigenvalue weighted by Crippen LogP contribution is -2.50. The smallest absolute Gasteiger partial charge is 0.243 e. The normalized spacial score (nSPS) is 15.9. The summed E-state index contributed by atoms with van der Waals surface area (Å²) < 4.78 is 29.0. The van der Waals surface area contributed by atoms with Crippen LogP contribution in [0.3, 0.4) is 0 Å². The SMILES string of the molecule is Cc1ccc(S(=O)(=O)N2CCN(C(=O)CCc3cnn(C)c3)CC2)c(C)c1. The van der Waals surface area contributed by atoms with E-state index in [-0.39, 0.29) is 5.91 Å². The Bertz CT molecular complexity index is 928. The molecule has 2 heterocycles. The largest absolute Gasteiger partial charge is 0.340 e. The lowest BCUT2D eigenvalue weighted by Gasteiger charge is -2.34. The molecule has 2 aromatic rings. The molecule has 0 unspecified atom stereocenters. The van der Waals surface area contributed by atoms with Crippen LogP contribution < -0.4 is 0 Å². The first kappa shape index (κ1) is 19.6. The van der Waals surface area contributed by atoms with E-state index >= 15 is 0 Å². The van der Waals surface area contributed by atoms with E-state index in [0.717, 1.165) is 16.7 Å². The maximum atomic E-state index is 12.9. The first-order valence-electron chi connectivity index (χ1n) is 9.10. The molecule has 0 saturated carbocycles. The second-order valence-electron chi connectivity index (χ2n) is 7.08. The van der Waals surface area contributed by atoms with E-state index in [4.69, 9.17) is 0 Å². The number of aromatic nitrogens is 2. The van der Waals surface area contributed by atoms with Crippen molar-refractivity contribution in [2.75, 3.05) is 26.2 Å². The highest BCUT2D eigenvalue weighted by Crippen LogP contribution is 2.22. The van der Waals surface area contributed by atoms with Gasteiger partial charge >= 0.3 is 0 Å². The predicted octanol–water partition coefficient (Wildman–Crippen LogP) is 1.50. The lowest BCUT2D eigenvalue weighted by molar-refractivity contribution is -0.132. The van der Waals surface area contributed by atoms with Crippen LogP contribution in [0.15, 0.2) is 35.5 Å². The van der Waals surface area contributed by atoms with Gasteiger partial charge in [0.1, 0.15) is 0 Å². The second-order valence-corrected chi connectivity index (χ2v) is 8.98. The van der Waals surface area contributed by atoms with Crippen LogP contribution in [0.1, 0.15) is 23.1 Å². The molecule has 3 rings (SSSR count). The van der Waals surface area contributed by atoms with Crippen LogP contribution in [-0.2, 0) is 28.3 Å². The van der Waals surface area contributed by atoms with E-state index in [1.165, 1.54) is 4.31 Å². The number of hydrogen-bond acceptors (Lipinski definition) is 4. The molecule has 1 fully saturated rings. The second kappa shape index (κ2) is 7.82. The van der Waals surface area contributed by atoms with Gasteiger partial charge in [0, 0.05) is 45.8 Å². The van der Waals surface area contributed by atoms with Crippen LogP contribution in [0.5, 0.6) is 0 Å². The molecule has 7 nitrogen and oxygen atoms in total. The summed E-state index contributed by atoms with van der Waals surface area (Å²) in [5, 5.41) is 4.10. The molecule has 0 bridgehead atoms. The molecule has 1 saturated heterocycles. The molecule has 1 amide bonds. The van der Waals surface area contributed by atoms with E-state index < -0.39 is 10.0 Å². The van der Waals surface area contributed by atoms with Crippen molar-refractivity contribution in [3.63, 3.8) is 0 Å². The first-order chi connectivity index (χ1) is 12.8. The van der Waals surface area contributed by atoms with Crippen molar-refractivity contribution in [3.8, 4) is 0 Å². The van der Waals surface area contributed by atoms with E-state index in [0.29, 0.717) is 43.9 Å². The van der Waals surface area contributed by atoms with Gasteiger partial charge in [-0.1, -0.05) is 17.7 Å². The molecule has 0 radical (unpaired) electrons. The number of aryl methyl sites for hydroxylation is 4. The van der Waals surface area contributed by atoms with E-state index in [1.807, 2.05) is 39.2 Å². The summed E-state index contributed by atoms with van der Waals surface area (Å²) in [6, 6.07) is 5.37. The highest BCUT2D eigenvalue weighted by Gasteiger charge is 2.30. The summed E-state index contributed by atoms with van der Waals surface area (Å²) in [7, 11) is -1.68. The number of nitrogens with zero attached hydrogens (tertiary/aromatic N) is 4. The average molecular weight is 391 g/mol. The molecule has 1 aromatic carbocycles. The third-order valence-electron chi connectivity index (χ3n) is 4.93. The van der Waals surface area contributed by atoms with Crippen LogP contribution in [-0.4, -0.2) is 59.5 Å². The molecule has 146 valence electrons. The Hall–Kier alpha value is -2.19. The third kappa shape index (κ3) is 4.39. The molecule has 1 aliphatic rings. The minimum absolute atomic E-state index is 0.0578. The van der Waals surface area contributed by atoms with Crippen LogP contribution in [0.4, 0.5) is 0 Å². The minimum Gasteiger partial charge on any atom is -0.340 e. The highest BCUT2D eigenvalue weighted by molar-refractivity contribution is 7.89. The number of carbonyl (C=O) groups excluding carboxylic acids is 1. The minimum atomic E-state index is -3.53. The Kier molecular flexibility index (Phi) is 5.67. The van der Waals surface area contributed by atoms with Crippen LogP contribution in [0.25, 0.3) is 0 Å². The predicted molar refractivity (Wildman–Crippen MR) is 103 cm³/mol. The fraction of sp³-hybridized carbons (Fsp3) is 0.474. The summed E-state index contributed by atoms with van der Waals surface area (Å²) in [5.41, 5.74) is 2.82. The number of sulfonamides is 1. The van der Waals surface area contributed by atoms with Crippen LogP contribution in [0.2, 0.25) is 0 Å². The van der Waals surface area contributed by atoms with Crippen molar-refractivity contribution in [2.24, 2.45) is 7.05 Å². The molecule has 27 heavy (non-hydrogen) atoms. The van der Waals surface area contributed by atoms with Gasteiger partial charge in [0.05, 0.1) is 11.1 Å². The van der Waals surface area contributed by atoms with Crippen molar-refractivity contribution in [2.45, 2.75) is 31.6 Å². The van der Waals surface area contributed by atoms with E-state index in [1.54, 1.807) is 21.8 Å². The maximum Gasteiger partial charge on any atom is 0.243 e. The standard InChI is InChI=1S/C19H26N4O3S/c1-15-4-6-18(16(2)12-15)27(25,26)23-10-8-22(9-11-23)19(24)7-5-17-13-20-21(3)14-17/h4,6,12-14H,5,7-11H2,1-3H3. The zero-order chi connectivity index (χ0) is 19.6. The van der Waals surface area contributed by atoms with Gasteiger partial charge in [-0.3, -0.25) is 9.48 Å². The summed E-state index contributed by atoms with van der Waals surface area (Å²) in [6.07, 6.45) is 4.73. The Morgan fingerprint density at radius 1 is 1.15 bits per heavy atom. The molecule has 8 heteroatoms. The van der Waals surface area contributed by atoms with Crippen molar-refractivity contribution in [1.29, 1.82) is 0 Å². The molecular weight excluding hydrogens is 364 g/mol. The van der Waals surface area contributed by atoms with Gasteiger partial charge in [0.25, 0.3) is 0 Å². The Morgan fingerprint density at radius 2 is 1.85 bits per heavy atom.